The average Bonchev–Trinajstić information content (AvgIpc) is 3.57. The third kappa shape index (κ3) is 3.58. The molecule has 1 saturated carbocycles. The van der Waals surface area contributed by atoms with E-state index >= 15 is 0 Å². The summed E-state index contributed by atoms with van der Waals surface area (Å²) in [7, 11) is 0. The third-order valence-electron chi connectivity index (χ3n) is 7.14. The van der Waals surface area contributed by atoms with Crippen molar-refractivity contribution in [3.63, 3.8) is 0 Å². The molecule has 166 valence electrons. The lowest BCUT2D eigenvalue weighted by atomic mass is 9.96. The lowest BCUT2D eigenvalue weighted by Gasteiger charge is -2.22. The van der Waals surface area contributed by atoms with Crippen LogP contribution in [0.3, 0.4) is 0 Å². The first-order valence-corrected chi connectivity index (χ1v) is 11.8. The Bertz CT molecular complexity index is 1380. The quantitative estimate of drug-likeness (QED) is 0.482. The van der Waals surface area contributed by atoms with Gasteiger partial charge >= 0.3 is 0 Å². The molecular formula is C28H27N3O2. The van der Waals surface area contributed by atoms with Crippen LogP contribution in [-0.2, 0) is 6.61 Å². The molecule has 4 aromatic rings. The van der Waals surface area contributed by atoms with Crippen LogP contribution < -0.4 is 10.9 Å². The fraction of sp³-hybridized carbons (Fsp3) is 0.286. The van der Waals surface area contributed by atoms with Gasteiger partial charge in [0.25, 0.3) is 5.56 Å². The van der Waals surface area contributed by atoms with Crippen LogP contribution in [-0.4, -0.2) is 27.7 Å². The number of benzene rings is 2. The molecule has 1 atom stereocenters. The van der Waals surface area contributed by atoms with Gasteiger partial charge in [-0.15, -0.1) is 0 Å². The highest BCUT2D eigenvalue weighted by atomic mass is 16.3. The summed E-state index contributed by atoms with van der Waals surface area (Å²) in [6.07, 6.45) is 6.97. The SMILES string of the molecule is O=c1c2ccc(C3CC3)cc2cc(C2CCNC2)n1-c1cccc(-c2ccncc2)c1CO. The summed E-state index contributed by atoms with van der Waals surface area (Å²) in [6.45, 7) is 1.65. The molecule has 2 aliphatic rings. The summed E-state index contributed by atoms with van der Waals surface area (Å²) in [5.74, 6) is 0.897. The van der Waals surface area contributed by atoms with Crippen LogP contribution >= 0.6 is 0 Å². The van der Waals surface area contributed by atoms with E-state index in [0.717, 1.165) is 58.4 Å². The third-order valence-corrected chi connectivity index (χ3v) is 7.14. The van der Waals surface area contributed by atoms with E-state index in [4.69, 9.17) is 0 Å². The Morgan fingerprint density at radius 2 is 1.85 bits per heavy atom. The molecule has 33 heavy (non-hydrogen) atoms. The van der Waals surface area contributed by atoms with E-state index in [9.17, 15) is 9.90 Å². The molecule has 1 unspecified atom stereocenters. The zero-order valence-electron chi connectivity index (χ0n) is 18.5. The van der Waals surface area contributed by atoms with Gasteiger partial charge < -0.3 is 10.4 Å². The van der Waals surface area contributed by atoms with E-state index in [1.165, 1.54) is 18.4 Å². The maximum atomic E-state index is 14.0. The van der Waals surface area contributed by atoms with Gasteiger partial charge in [-0.1, -0.05) is 24.3 Å². The highest BCUT2D eigenvalue weighted by molar-refractivity contribution is 5.84. The first-order valence-electron chi connectivity index (χ1n) is 11.8. The molecule has 0 amide bonds. The minimum Gasteiger partial charge on any atom is -0.392 e. The molecule has 0 bridgehead atoms. The molecule has 5 nitrogen and oxygen atoms in total. The van der Waals surface area contributed by atoms with Crippen LogP contribution in [0.2, 0.25) is 0 Å². The molecule has 3 heterocycles. The van der Waals surface area contributed by atoms with Gasteiger partial charge in [-0.05, 0) is 84.1 Å². The van der Waals surface area contributed by atoms with Gasteiger partial charge in [0, 0.05) is 41.5 Å². The Balaban J connectivity index is 1.62. The van der Waals surface area contributed by atoms with Crippen molar-refractivity contribution in [1.29, 1.82) is 0 Å². The molecule has 2 N–H and O–H groups in total. The number of aliphatic hydroxyl groups excluding tert-OH is 1. The highest BCUT2D eigenvalue weighted by Crippen LogP contribution is 2.41. The second kappa shape index (κ2) is 8.25. The monoisotopic (exact) mass is 437 g/mol. The largest absolute Gasteiger partial charge is 0.392 e. The van der Waals surface area contributed by atoms with Crippen molar-refractivity contribution >= 4 is 10.8 Å². The topological polar surface area (TPSA) is 67.2 Å². The standard InChI is InChI=1S/C28H27N3O2/c32-17-25-23(19-8-11-29-12-9-19)2-1-3-26(25)31-27(21-10-13-30-16-21)15-22-14-20(18-4-5-18)6-7-24(22)28(31)33/h1-3,6-9,11-12,14-15,18,21,30,32H,4-5,10,13,16-17H2. The van der Waals surface area contributed by atoms with E-state index in [1.54, 1.807) is 12.4 Å². The van der Waals surface area contributed by atoms with Crippen molar-refractivity contribution in [2.45, 2.75) is 37.7 Å². The van der Waals surface area contributed by atoms with Crippen molar-refractivity contribution < 1.29 is 5.11 Å². The van der Waals surface area contributed by atoms with E-state index < -0.39 is 0 Å². The fourth-order valence-corrected chi connectivity index (χ4v) is 5.24. The van der Waals surface area contributed by atoms with Crippen molar-refractivity contribution in [2.24, 2.45) is 0 Å². The van der Waals surface area contributed by atoms with Crippen molar-refractivity contribution in [2.75, 3.05) is 13.1 Å². The van der Waals surface area contributed by atoms with Gasteiger partial charge in [-0.2, -0.15) is 0 Å². The van der Waals surface area contributed by atoms with Gasteiger partial charge in [0.05, 0.1) is 12.3 Å². The second-order valence-electron chi connectivity index (χ2n) is 9.22. The molecule has 6 rings (SSSR count). The number of pyridine rings is 2. The number of aliphatic hydroxyl groups is 1. The van der Waals surface area contributed by atoms with Gasteiger partial charge in [-0.3, -0.25) is 14.3 Å². The van der Waals surface area contributed by atoms with Crippen LogP contribution in [0.15, 0.2) is 71.8 Å². The molecule has 2 fully saturated rings. The molecule has 2 aromatic heterocycles. The highest BCUT2D eigenvalue weighted by Gasteiger charge is 2.26. The Morgan fingerprint density at radius 1 is 1.00 bits per heavy atom. The van der Waals surface area contributed by atoms with Gasteiger partial charge in [0.2, 0.25) is 0 Å². The predicted octanol–water partition coefficient (Wildman–Crippen LogP) is 4.50. The number of nitrogens with one attached hydrogen (secondary N) is 1. The van der Waals surface area contributed by atoms with Gasteiger partial charge in [0.1, 0.15) is 0 Å². The Kier molecular flexibility index (Phi) is 5.08. The van der Waals surface area contributed by atoms with E-state index in [-0.39, 0.29) is 18.1 Å². The fourth-order valence-electron chi connectivity index (χ4n) is 5.24. The first kappa shape index (κ1) is 20.3. The minimum atomic E-state index is -0.152. The smallest absolute Gasteiger partial charge is 0.263 e. The summed E-state index contributed by atoms with van der Waals surface area (Å²) >= 11 is 0. The van der Waals surface area contributed by atoms with Crippen LogP contribution in [0.25, 0.3) is 27.6 Å². The Hall–Kier alpha value is -3.28. The number of hydrogen-bond donors (Lipinski definition) is 2. The first-order chi connectivity index (χ1) is 16.2. The Labute approximate surface area is 192 Å². The maximum absolute atomic E-state index is 14.0. The molecule has 1 aliphatic carbocycles. The van der Waals surface area contributed by atoms with Crippen molar-refractivity contribution in [3.8, 4) is 16.8 Å². The molecule has 1 saturated heterocycles. The van der Waals surface area contributed by atoms with Crippen LogP contribution in [0.1, 0.15) is 47.9 Å². The summed E-state index contributed by atoms with van der Waals surface area (Å²) in [5, 5.41) is 15.6. The summed E-state index contributed by atoms with van der Waals surface area (Å²) in [5.41, 5.74) is 5.75. The lowest BCUT2D eigenvalue weighted by molar-refractivity contribution is 0.282. The summed E-state index contributed by atoms with van der Waals surface area (Å²) in [4.78, 5) is 18.1. The Morgan fingerprint density at radius 3 is 2.58 bits per heavy atom. The van der Waals surface area contributed by atoms with Crippen molar-refractivity contribution in [1.82, 2.24) is 14.9 Å². The number of fused-ring (bicyclic) bond motifs is 1. The molecule has 0 radical (unpaired) electrons. The number of hydrogen-bond acceptors (Lipinski definition) is 4. The molecule has 2 aromatic carbocycles. The zero-order chi connectivity index (χ0) is 22.4. The minimum absolute atomic E-state index is 0.0154. The molecule has 1 aliphatic heterocycles. The zero-order valence-corrected chi connectivity index (χ0v) is 18.5. The molecule has 5 heteroatoms. The average molecular weight is 438 g/mol. The number of rotatable bonds is 5. The van der Waals surface area contributed by atoms with Crippen LogP contribution in [0.5, 0.6) is 0 Å². The molecular weight excluding hydrogens is 410 g/mol. The van der Waals surface area contributed by atoms with Crippen LogP contribution in [0.4, 0.5) is 0 Å². The number of aromatic nitrogens is 2. The number of nitrogens with zero attached hydrogens (tertiary/aromatic N) is 2. The second-order valence-corrected chi connectivity index (χ2v) is 9.22. The van der Waals surface area contributed by atoms with E-state index in [0.29, 0.717) is 5.92 Å². The van der Waals surface area contributed by atoms with Gasteiger partial charge in [-0.25, -0.2) is 0 Å². The maximum Gasteiger partial charge on any atom is 0.263 e. The van der Waals surface area contributed by atoms with Crippen molar-refractivity contribution in [3.05, 3.63) is 94.2 Å². The summed E-state index contributed by atoms with van der Waals surface area (Å²) < 4.78 is 1.85. The summed E-state index contributed by atoms with van der Waals surface area (Å²) in [6, 6.07) is 18.3. The predicted molar refractivity (Wildman–Crippen MR) is 131 cm³/mol. The molecule has 0 spiro atoms. The normalized spacial score (nSPS) is 18.2. The van der Waals surface area contributed by atoms with E-state index in [2.05, 4.69) is 28.5 Å². The van der Waals surface area contributed by atoms with E-state index in [1.807, 2.05) is 41.0 Å². The lowest BCUT2D eigenvalue weighted by Crippen LogP contribution is -2.26. The van der Waals surface area contributed by atoms with Crippen LogP contribution in [0, 0.1) is 0 Å². The van der Waals surface area contributed by atoms with Gasteiger partial charge in [0.15, 0.2) is 0 Å².